The van der Waals surface area contributed by atoms with Gasteiger partial charge in [0.1, 0.15) is 12.1 Å². The van der Waals surface area contributed by atoms with Gasteiger partial charge >= 0.3 is 5.97 Å². The van der Waals surface area contributed by atoms with Gasteiger partial charge in [0.2, 0.25) is 33.7 Å². The lowest BCUT2D eigenvalue weighted by molar-refractivity contribution is -0.145. The number of likely N-dealkylation sites (tertiary alicyclic amines) is 2. The first-order valence-corrected chi connectivity index (χ1v) is 18.1. The van der Waals surface area contributed by atoms with Crippen molar-refractivity contribution < 1.29 is 37.1 Å². The monoisotopic (exact) mass is 676 g/mol. The average molecular weight is 677 g/mol. The van der Waals surface area contributed by atoms with E-state index >= 15 is 0 Å². The minimum absolute atomic E-state index is 0.108. The van der Waals surface area contributed by atoms with Gasteiger partial charge in [0.15, 0.2) is 6.61 Å². The number of piperidine rings is 1. The fraction of sp³-hybridized carbons (Fsp3) is 0.625. The fourth-order valence-electron chi connectivity index (χ4n) is 5.72. The standard InChI is InChI=1S/C32H48N6O8S/c1-4-5-7-14-28(40)34-32(35-29(41)22-46-23(2)39)37-18-15-25(16-19-37)21-33-30(42)27-13-10-17-38(27)31(43)26(36-47(3,44)45)20-24-11-8-6-9-12-24/h6,8-9,11-12,25-27,36H,4-5,7,10,13-22H2,1-3H3,(H,33,42)(H,34,35,40,41)/t26-,27+/m1/s1. The van der Waals surface area contributed by atoms with Gasteiger partial charge in [-0.25, -0.2) is 13.1 Å². The molecule has 1 aromatic carbocycles. The third kappa shape index (κ3) is 13.1. The van der Waals surface area contributed by atoms with Crippen LogP contribution in [0, 0.1) is 5.92 Å². The molecule has 0 bridgehead atoms. The van der Waals surface area contributed by atoms with E-state index in [0.717, 1.165) is 24.7 Å². The number of hydrogen-bond donors (Lipinski definition) is 3. The molecule has 0 aliphatic carbocycles. The number of benzene rings is 1. The summed E-state index contributed by atoms with van der Waals surface area (Å²) in [5, 5.41) is 5.73. The van der Waals surface area contributed by atoms with E-state index in [1.54, 1.807) is 4.90 Å². The summed E-state index contributed by atoms with van der Waals surface area (Å²) in [5.41, 5.74) is 0.798. The Morgan fingerprint density at radius 3 is 2.36 bits per heavy atom. The summed E-state index contributed by atoms with van der Waals surface area (Å²) in [5.74, 6) is -2.03. The van der Waals surface area contributed by atoms with Crippen molar-refractivity contribution in [2.45, 2.75) is 83.7 Å². The quantitative estimate of drug-likeness (QED) is 0.112. The molecule has 2 fully saturated rings. The van der Waals surface area contributed by atoms with Crippen LogP contribution in [-0.4, -0.2) is 105 Å². The number of ether oxygens (including phenoxy) is 1. The van der Waals surface area contributed by atoms with E-state index in [4.69, 9.17) is 4.74 Å². The zero-order chi connectivity index (χ0) is 34.4. The van der Waals surface area contributed by atoms with Crippen LogP contribution >= 0.6 is 0 Å². The van der Waals surface area contributed by atoms with E-state index in [-0.39, 0.29) is 30.1 Å². The Morgan fingerprint density at radius 1 is 1.02 bits per heavy atom. The predicted molar refractivity (Wildman–Crippen MR) is 175 cm³/mol. The lowest BCUT2D eigenvalue weighted by Gasteiger charge is -2.34. The van der Waals surface area contributed by atoms with Gasteiger partial charge in [-0.2, -0.15) is 4.99 Å². The Bertz CT molecular complexity index is 1380. The van der Waals surface area contributed by atoms with E-state index in [1.807, 2.05) is 37.3 Å². The molecule has 260 valence electrons. The molecule has 3 N–H and O–H groups in total. The van der Waals surface area contributed by atoms with Gasteiger partial charge in [0, 0.05) is 39.5 Å². The maximum absolute atomic E-state index is 13.6. The number of unbranched alkanes of at least 4 members (excludes halogenated alkanes) is 2. The van der Waals surface area contributed by atoms with Crippen LogP contribution in [0.3, 0.4) is 0 Å². The average Bonchev–Trinajstić information content (AvgIpc) is 3.52. The first-order chi connectivity index (χ1) is 22.4. The number of rotatable bonds is 14. The highest BCUT2D eigenvalue weighted by molar-refractivity contribution is 7.88. The van der Waals surface area contributed by atoms with Crippen LogP contribution in [-0.2, 0) is 45.2 Å². The third-order valence-electron chi connectivity index (χ3n) is 8.14. The molecular formula is C32H48N6O8S. The first-order valence-electron chi connectivity index (χ1n) is 16.2. The summed E-state index contributed by atoms with van der Waals surface area (Å²) in [7, 11) is -3.69. The van der Waals surface area contributed by atoms with Gasteiger partial charge in [-0.05, 0) is 50.0 Å². The van der Waals surface area contributed by atoms with Gasteiger partial charge in [-0.15, -0.1) is 0 Å². The Balaban J connectivity index is 1.57. The van der Waals surface area contributed by atoms with Crippen LogP contribution in [0.5, 0.6) is 0 Å². The van der Waals surface area contributed by atoms with E-state index in [0.29, 0.717) is 64.7 Å². The number of nitrogens with one attached hydrogen (secondary N) is 3. The molecule has 4 amide bonds. The highest BCUT2D eigenvalue weighted by Crippen LogP contribution is 2.21. The molecule has 15 heteroatoms. The summed E-state index contributed by atoms with van der Waals surface area (Å²) in [6.07, 6.45) is 6.45. The summed E-state index contributed by atoms with van der Waals surface area (Å²) < 4.78 is 31.4. The first kappa shape index (κ1) is 37.6. The molecule has 2 atom stereocenters. The Morgan fingerprint density at radius 2 is 1.72 bits per heavy atom. The number of carbonyl (C=O) groups is 5. The maximum Gasteiger partial charge on any atom is 0.303 e. The molecule has 0 unspecified atom stereocenters. The van der Waals surface area contributed by atoms with Crippen LogP contribution in [0.1, 0.15) is 70.8 Å². The van der Waals surface area contributed by atoms with Crippen LogP contribution in [0.4, 0.5) is 0 Å². The van der Waals surface area contributed by atoms with Crippen LogP contribution in [0.2, 0.25) is 0 Å². The lowest BCUT2D eigenvalue weighted by atomic mass is 9.96. The number of carbonyl (C=O) groups excluding carboxylic acids is 5. The summed E-state index contributed by atoms with van der Waals surface area (Å²) >= 11 is 0. The predicted octanol–water partition coefficient (Wildman–Crippen LogP) is 1.11. The summed E-state index contributed by atoms with van der Waals surface area (Å²) in [6.45, 7) is 4.39. The van der Waals surface area contributed by atoms with Crippen molar-refractivity contribution in [1.82, 2.24) is 25.2 Å². The number of esters is 1. The highest BCUT2D eigenvalue weighted by atomic mass is 32.2. The van der Waals surface area contributed by atoms with Crippen LogP contribution in [0.25, 0.3) is 0 Å². The van der Waals surface area contributed by atoms with Crippen molar-refractivity contribution in [2.75, 3.05) is 39.0 Å². The number of amides is 4. The van der Waals surface area contributed by atoms with Gasteiger partial charge in [-0.3, -0.25) is 29.3 Å². The van der Waals surface area contributed by atoms with Crippen molar-refractivity contribution >= 4 is 45.6 Å². The molecule has 2 saturated heterocycles. The van der Waals surface area contributed by atoms with Crippen LogP contribution in [0.15, 0.2) is 35.3 Å². The molecule has 2 aliphatic rings. The molecule has 0 spiro atoms. The van der Waals surface area contributed by atoms with Gasteiger partial charge in [0.25, 0.3) is 5.91 Å². The summed E-state index contributed by atoms with van der Waals surface area (Å²) in [4.78, 5) is 70.2. The van der Waals surface area contributed by atoms with Crippen molar-refractivity contribution in [2.24, 2.45) is 10.9 Å². The van der Waals surface area contributed by atoms with E-state index in [9.17, 15) is 32.4 Å². The summed E-state index contributed by atoms with van der Waals surface area (Å²) in [6, 6.07) is 7.38. The fourth-order valence-corrected chi connectivity index (χ4v) is 6.42. The highest BCUT2D eigenvalue weighted by Gasteiger charge is 2.38. The molecule has 1 aromatic rings. The molecule has 0 aromatic heterocycles. The smallest absolute Gasteiger partial charge is 0.303 e. The van der Waals surface area contributed by atoms with Crippen LogP contribution < -0.4 is 15.4 Å². The molecular weight excluding hydrogens is 628 g/mol. The normalized spacial score (nSPS) is 18.0. The molecule has 14 nitrogen and oxygen atoms in total. The van der Waals surface area contributed by atoms with E-state index in [2.05, 4.69) is 20.3 Å². The lowest BCUT2D eigenvalue weighted by Crippen LogP contribution is -2.54. The minimum Gasteiger partial charge on any atom is -0.456 e. The van der Waals surface area contributed by atoms with Crippen molar-refractivity contribution in [3.63, 3.8) is 0 Å². The molecule has 2 heterocycles. The molecule has 2 aliphatic heterocycles. The maximum atomic E-state index is 13.6. The van der Waals surface area contributed by atoms with Crippen molar-refractivity contribution in [3.05, 3.63) is 35.9 Å². The van der Waals surface area contributed by atoms with Gasteiger partial charge in [0.05, 0.1) is 6.26 Å². The SMILES string of the molecule is CCCCCC(=O)N/C(=N\C(=O)COC(C)=O)N1CCC(CNC(=O)[C@@H]2CCCN2C(=O)[C@@H](Cc2ccccc2)NS(C)(=O)=O)CC1. The molecule has 47 heavy (non-hydrogen) atoms. The Labute approximate surface area is 277 Å². The third-order valence-corrected chi connectivity index (χ3v) is 8.86. The Hall–Kier alpha value is -3.85. The van der Waals surface area contributed by atoms with E-state index < -0.39 is 46.5 Å². The van der Waals surface area contributed by atoms with Crippen molar-refractivity contribution in [1.29, 1.82) is 0 Å². The largest absolute Gasteiger partial charge is 0.456 e. The molecule has 3 rings (SSSR count). The number of hydrogen-bond acceptors (Lipinski definition) is 8. The second-order valence-electron chi connectivity index (χ2n) is 12.1. The topological polar surface area (TPSA) is 184 Å². The second-order valence-corrected chi connectivity index (χ2v) is 13.9. The second kappa shape index (κ2) is 18.5. The zero-order valence-corrected chi connectivity index (χ0v) is 28.4. The molecule has 0 saturated carbocycles. The van der Waals surface area contributed by atoms with E-state index in [1.165, 1.54) is 11.8 Å². The number of aliphatic imine (C=N–C) groups is 1. The van der Waals surface area contributed by atoms with Crippen molar-refractivity contribution in [3.8, 4) is 0 Å². The number of sulfonamides is 1. The molecule has 0 radical (unpaired) electrons. The zero-order valence-electron chi connectivity index (χ0n) is 27.5. The van der Waals surface area contributed by atoms with Gasteiger partial charge < -0.3 is 19.9 Å². The minimum atomic E-state index is -3.69. The number of nitrogens with zero attached hydrogens (tertiary/aromatic N) is 3. The van der Waals surface area contributed by atoms with Gasteiger partial charge in [-0.1, -0.05) is 50.1 Å². The number of guanidine groups is 1. The Kier molecular flexibility index (Phi) is 14.8.